The Morgan fingerprint density at radius 2 is 2.10 bits per heavy atom. The second kappa shape index (κ2) is 8.93. The fourth-order valence-electron chi connectivity index (χ4n) is 5.80. The van der Waals surface area contributed by atoms with Crippen LogP contribution < -0.4 is 5.32 Å². The highest BCUT2D eigenvalue weighted by Gasteiger charge is 2.58. The van der Waals surface area contributed by atoms with Crippen LogP contribution in [0.15, 0.2) is 11.8 Å². The standard InChI is InChI=1S/C22H34FN3O4/c1-25(2)10-6-5-9-24-18-15(23)11-13-19-21(18)30-17-8-4-3-7-16(17)26(19)12-14(20(13)27)22(28)29/h12-13,15-19,21,24H,3-11H2,1-2H3,(H,28,29). The van der Waals surface area contributed by atoms with Crippen molar-refractivity contribution in [3.05, 3.63) is 11.8 Å². The summed E-state index contributed by atoms with van der Waals surface area (Å²) < 4.78 is 21.8. The zero-order valence-electron chi connectivity index (χ0n) is 17.9. The molecule has 2 heterocycles. The Balaban J connectivity index is 1.56. The van der Waals surface area contributed by atoms with Crippen molar-refractivity contribution >= 4 is 11.8 Å². The first-order valence-corrected chi connectivity index (χ1v) is 11.3. The van der Waals surface area contributed by atoms with E-state index in [1.54, 1.807) is 0 Å². The molecule has 2 N–H and O–H groups in total. The predicted molar refractivity (Wildman–Crippen MR) is 110 cm³/mol. The lowest BCUT2D eigenvalue weighted by atomic mass is 9.70. The molecular weight excluding hydrogens is 389 g/mol. The van der Waals surface area contributed by atoms with Crippen LogP contribution in [0.25, 0.3) is 0 Å². The normalized spacial score (nSPS) is 38.1. The first-order valence-electron chi connectivity index (χ1n) is 11.3. The number of halogens is 1. The molecule has 0 bridgehead atoms. The van der Waals surface area contributed by atoms with Gasteiger partial charge in [-0.25, -0.2) is 9.18 Å². The molecule has 3 fully saturated rings. The summed E-state index contributed by atoms with van der Waals surface area (Å²) in [5.74, 6) is -2.32. The average molecular weight is 424 g/mol. The van der Waals surface area contributed by atoms with Crippen molar-refractivity contribution in [3.63, 3.8) is 0 Å². The van der Waals surface area contributed by atoms with Gasteiger partial charge in [0, 0.05) is 12.1 Å². The summed E-state index contributed by atoms with van der Waals surface area (Å²) in [5.41, 5.74) is -0.205. The summed E-state index contributed by atoms with van der Waals surface area (Å²) >= 11 is 0. The summed E-state index contributed by atoms with van der Waals surface area (Å²) in [5, 5.41) is 12.9. The maximum atomic E-state index is 15.3. The van der Waals surface area contributed by atoms with E-state index in [9.17, 15) is 14.7 Å². The van der Waals surface area contributed by atoms with E-state index < -0.39 is 36.0 Å². The molecular formula is C22H34FN3O4. The predicted octanol–water partition coefficient (Wildman–Crippen LogP) is 1.58. The van der Waals surface area contributed by atoms with Gasteiger partial charge < -0.3 is 25.0 Å². The number of nitrogens with zero attached hydrogens (tertiary/aromatic N) is 2. The Kier molecular flexibility index (Phi) is 6.46. The number of rotatable bonds is 7. The van der Waals surface area contributed by atoms with Gasteiger partial charge in [0.05, 0.1) is 30.3 Å². The smallest absolute Gasteiger partial charge is 0.340 e. The molecule has 0 aromatic rings. The highest BCUT2D eigenvalue weighted by molar-refractivity contribution is 6.18. The third-order valence-electron chi connectivity index (χ3n) is 7.22. The molecule has 1 saturated heterocycles. The molecule has 0 amide bonds. The van der Waals surface area contributed by atoms with Gasteiger partial charge in [-0.3, -0.25) is 4.79 Å². The van der Waals surface area contributed by atoms with Gasteiger partial charge in [-0.05, 0) is 59.3 Å². The second-order valence-corrected chi connectivity index (χ2v) is 9.49. The summed E-state index contributed by atoms with van der Waals surface area (Å²) in [6, 6.07) is -0.684. The van der Waals surface area contributed by atoms with Gasteiger partial charge in [-0.2, -0.15) is 0 Å². The number of nitrogens with one attached hydrogen (secondary N) is 1. The molecule has 2 saturated carbocycles. The average Bonchev–Trinajstić information content (AvgIpc) is 2.70. The minimum atomic E-state index is -1.23. The summed E-state index contributed by atoms with van der Waals surface area (Å²) in [6.07, 6.45) is 5.79. The van der Waals surface area contributed by atoms with E-state index in [1.807, 2.05) is 14.1 Å². The Labute approximate surface area is 177 Å². The van der Waals surface area contributed by atoms with Gasteiger partial charge in [0.1, 0.15) is 11.7 Å². The number of alkyl halides is 1. The van der Waals surface area contributed by atoms with E-state index in [-0.39, 0.29) is 30.2 Å². The van der Waals surface area contributed by atoms with Crippen LogP contribution in [0.2, 0.25) is 0 Å². The molecule has 30 heavy (non-hydrogen) atoms. The number of carbonyl (C=O) groups is 2. The van der Waals surface area contributed by atoms with Gasteiger partial charge in [0.15, 0.2) is 5.78 Å². The number of ketones is 1. The number of hydrogen-bond acceptors (Lipinski definition) is 6. The first-order chi connectivity index (χ1) is 14.4. The molecule has 0 radical (unpaired) electrons. The molecule has 8 heteroatoms. The largest absolute Gasteiger partial charge is 0.478 e. The molecule has 7 nitrogen and oxygen atoms in total. The monoisotopic (exact) mass is 423 g/mol. The summed E-state index contributed by atoms with van der Waals surface area (Å²) in [4.78, 5) is 28.8. The summed E-state index contributed by atoms with van der Waals surface area (Å²) in [7, 11) is 4.08. The quantitative estimate of drug-likeness (QED) is 0.475. The van der Waals surface area contributed by atoms with Crippen LogP contribution in [0, 0.1) is 5.92 Å². The Hall–Kier alpha value is -1.51. The van der Waals surface area contributed by atoms with Crippen molar-refractivity contribution in [3.8, 4) is 0 Å². The van der Waals surface area contributed by atoms with Crippen molar-refractivity contribution in [1.29, 1.82) is 0 Å². The Bertz CT molecular complexity index is 700. The molecule has 2 aliphatic heterocycles. The van der Waals surface area contributed by atoms with Gasteiger partial charge in [0.25, 0.3) is 0 Å². The van der Waals surface area contributed by atoms with Crippen LogP contribution in [0.1, 0.15) is 44.9 Å². The fourth-order valence-corrected chi connectivity index (χ4v) is 5.80. The molecule has 4 rings (SSSR count). The van der Waals surface area contributed by atoms with Gasteiger partial charge in [-0.1, -0.05) is 12.8 Å². The van der Waals surface area contributed by atoms with Gasteiger partial charge in [0.2, 0.25) is 0 Å². The number of unbranched alkanes of at least 4 members (excludes halogenated alkanes) is 1. The minimum Gasteiger partial charge on any atom is -0.478 e. The van der Waals surface area contributed by atoms with E-state index in [2.05, 4.69) is 15.1 Å². The topological polar surface area (TPSA) is 82.1 Å². The number of hydrogen-bond donors (Lipinski definition) is 2. The third-order valence-corrected chi connectivity index (χ3v) is 7.22. The number of aliphatic carboxylic acids is 1. The first kappa shape index (κ1) is 21.7. The number of carbonyl (C=O) groups excluding carboxylic acids is 1. The second-order valence-electron chi connectivity index (χ2n) is 9.49. The Morgan fingerprint density at radius 3 is 2.83 bits per heavy atom. The zero-order chi connectivity index (χ0) is 21.4. The van der Waals surface area contributed by atoms with Gasteiger partial charge >= 0.3 is 5.97 Å². The van der Waals surface area contributed by atoms with Gasteiger partial charge in [-0.15, -0.1) is 0 Å². The Morgan fingerprint density at radius 1 is 1.33 bits per heavy atom. The van der Waals surface area contributed by atoms with Crippen LogP contribution in [-0.4, -0.2) is 90.3 Å². The highest BCUT2D eigenvalue weighted by atomic mass is 19.1. The zero-order valence-corrected chi connectivity index (χ0v) is 17.9. The minimum absolute atomic E-state index is 0.0384. The van der Waals surface area contributed by atoms with E-state index in [4.69, 9.17) is 4.74 Å². The molecule has 7 atom stereocenters. The van der Waals surface area contributed by atoms with E-state index in [1.165, 1.54) is 6.20 Å². The lowest BCUT2D eigenvalue weighted by molar-refractivity contribution is -0.197. The molecule has 0 aromatic carbocycles. The van der Waals surface area contributed by atoms with Crippen molar-refractivity contribution in [2.24, 2.45) is 5.92 Å². The lowest BCUT2D eigenvalue weighted by Gasteiger charge is -2.59. The number of ether oxygens (including phenoxy) is 1. The number of carboxylic acids is 1. The van der Waals surface area contributed by atoms with Crippen molar-refractivity contribution in [2.45, 2.75) is 81.5 Å². The van der Waals surface area contributed by atoms with Crippen molar-refractivity contribution < 1.29 is 23.8 Å². The van der Waals surface area contributed by atoms with E-state index >= 15 is 4.39 Å². The van der Waals surface area contributed by atoms with Crippen LogP contribution in [-0.2, 0) is 14.3 Å². The molecule has 4 aliphatic rings. The van der Waals surface area contributed by atoms with Crippen molar-refractivity contribution in [2.75, 3.05) is 27.2 Å². The fraction of sp³-hybridized carbons (Fsp3) is 0.818. The SMILES string of the molecule is CN(C)CCCCNC1C(F)CC2C(=O)C(C(=O)O)=CN3C4CCCCC4OC1C23. The van der Waals surface area contributed by atoms with Crippen LogP contribution in [0.3, 0.4) is 0 Å². The maximum Gasteiger partial charge on any atom is 0.340 e. The van der Waals surface area contributed by atoms with E-state index in [0.29, 0.717) is 6.54 Å². The number of Topliss-reactive ketones (excluding diaryl/α,β-unsaturated/α-hetero) is 1. The molecule has 0 spiro atoms. The molecule has 2 aliphatic carbocycles. The summed E-state index contributed by atoms with van der Waals surface area (Å²) in [6.45, 7) is 1.69. The number of fused-ring (bicyclic) bond motifs is 2. The highest BCUT2D eigenvalue weighted by Crippen LogP contribution is 2.45. The number of carboxylic acid groups (broad SMARTS) is 1. The molecule has 7 unspecified atom stereocenters. The number of morpholine rings is 1. The van der Waals surface area contributed by atoms with Crippen LogP contribution >= 0.6 is 0 Å². The van der Waals surface area contributed by atoms with E-state index in [0.717, 1.165) is 45.1 Å². The lowest BCUT2D eigenvalue weighted by Crippen LogP contribution is -2.72. The van der Waals surface area contributed by atoms with Crippen LogP contribution in [0.5, 0.6) is 0 Å². The molecule has 168 valence electrons. The molecule has 0 aromatic heterocycles. The van der Waals surface area contributed by atoms with Crippen molar-refractivity contribution in [1.82, 2.24) is 15.1 Å². The van der Waals surface area contributed by atoms with Crippen LogP contribution in [0.4, 0.5) is 4.39 Å². The maximum absolute atomic E-state index is 15.3. The third kappa shape index (κ3) is 4.01.